The average Bonchev–Trinajstić information content (AvgIpc) is 0.746. The molecular weight excluding hydrogens is 1540 g/mol. The Morgan fingerprint density at radius 2 is 0.692 bits per heavy atom. The molecule has 6 N–H and O–H groups in total. The van der Waals surface area contributed by atoms with E-state index in [4.69, 9.17) is 58.7 Å². The number of nitrogen functional groups attached to an aromatic ring is 3. The molecule has 6 fully saturated rings. The lowest BCUT2D eigenvalue weighted by Gasteiger charge is -2.45. The maximum absolute atomic E-state index is 15.0. The minimum atomic E-state index is -0.659. The first-order valence-corrected chi connectivity index (χ1v) is 42.2. The van der Waals surface area contributed by atoms with Crippen LogP contribution in [0.3, 0.4) is 0 Å². The van der Waals surface area contributed by atoms with Crippen LogP contribution in [0.2, 0.25) is 5.02 Å². The highest BCUT2D eigenvalue weighted by Crippen LogP contribution is 2.38. The van der Waals surface area contributed by atoms with Crippen LogP contribution in [-0.2, 0) is 14.4 Å². The van der Waals surface area contributed by atoms with Gasteiger partial charge in [-0.1, -0.05) is 85.0 Å². The molecule has 0 atom stereocenters. The average molecular weight is 1660 g/mol. The largest absolute Gasteiger partial charge is 0.398 e. The van der Waals surface area contributed by atoms with Gasteiger partial charge in [0.2, 0.25) is 35.6 Å². The van der Waals surface area contributed by atoms with E-state index in [0.717, 1.165) is 146 Å². The summed E-state index contributed by atoms with van der Waals surface area (Å²) in [5.41, 5.74) is 27.2. The van der Waals surface area contributed by atoms with Gasteiger partial charge in [-0.2, -0.15) is 15.0 Å². The lowest BCUT2D eigenvalue weighted by molar-refractivity contribution is -0.127. The number of nitrogens with zero attached hydrogens (tertiary/aromatic N) is 21. The molecule has 12 heterocycles. The lowest BCUT2D eigenvalue weighted by atomic mass is 10.1. The van der Waals surface area contributed by atoms with Gasteiger partial charge in [-0.25, -0.2) is 19.3 Å². The second kappa shape index (κ2) is 36.2. The molecule has 0 spiro atoms. The molecule has 636 valence electrons. The van der Waals surface area contributed by atoms with Crippen LogP contribution >= 0.6 is 11.6 Å². The van der Waals surface area contributed by atoms with E-state index in [9.17, 15) is 28.8 Å². The fourth-order valence-corrected chi connectivity index (χ4v) is 17.7. The highest BCUT2D eigenvalue weighted by atomic mass is 35.5. The molecule has 6 aliphatic heterocycles. The molecule has 0 saturated carbocycles. The number of hydrogen-bond donors (Lipinski definition) is 3. The van der Waals surface area contributed by atoms with E-state index in [2.05, 4.69) is 105 Å². The van der Waals surface area contributed by atoms with Crippen molar-refractivity contribution in [2.75, 3.05) is 204 Å². The van der Waals surface area contributed by atoms with E-state index < -0.39 is 11.4 Å². The second-order valence-corrected chi connectivity index (χ2v) is 32.1. The first-order chi connectivity index (χ1) is 57.5. The zero-order valence-electron chi connectivity index (χ0n) is 71.6. The van der Waals surface area contributed by atoms with Crippen molar-refractivity contribution < 1.29 is 18.8 Å². The van der Waals surface area contributed by atoms with Gasteiger partial charge in [-0.15, -0.1) is 0 Å². The number of piperazine rings is 3. The fourth-order valence-electron chi connectivity index (χ4n) is 17.6. The summed E-state index contributed by atoms with van der Waals surface area (Å²) < 4.78 is 19.7. The molecule has 0 bridgehead atoms. The number of carbonyl (C=O) groups is 3. The van der Waals surface area contributed by atoms with Crippen LogP contribution in [0.25, 0.3) is 49.8 Å². The van der Waals surface area contributed by atoms with Crippen molar-refractivity contribution in [2.45, 2.75) is 108 Å². The smallest absolute Gasteiger partial charge is 0.282 e. The number of nitrogens with two attached hydrogens (primary N) is 3. The maximum atomic E-state index is 15.0. The number of anilines is 9. The summed E-state index contributed by atoms with van der Waals surface area (Å²) in [7, 11) is 0. The monoisotopic (exact) mass is 1660 g/mol. The van der Waals surface area contributed by atoms with Crippen LogP contribution < -0.4 is 63.3 Å². The fraction of sp³-hybridized carbons (Fsp3) is 0.455. The zero-order valence-corrected chi connectivity index (χ0v) is 72.3. The van der Waals surface area contributed by atoms with Gasteiger partial charge >= 0.3 is 0 Å². The van der Waals surface area contributed by atoms with Crippen molar-refractivity contribution >= 4 is 114 Å². The molecule has 15 rings (SSSR count). The standard InChI is InChI=1S/2C30H40N8O2.C28H34ClFN8O2/c2*1-7-25(39)35-12-14-36(15-13-35)28-23-16-20(5)38(27-19(4)10-11-24(31)21(27)6)29(40)26(23)32-30(33-28)37-17-22(18-37)34(8-2)9-3;1-5-22(39)35-10-12-36(13-11-35)26-19-14-17(4)38(25-21(30)9-8-20(29)23(25)31)27(40)24(19)32-28(33-26)37-15-18(16-37)34(6-2)7-3/h2*7,10-11,16,22H,1,8-9,12-15,17-18,31H2,2-6H3;5,8-9,14,18H,1,6-7,10-13,15-16,31H2,2-4H3. The van der Waals surface area contributed by atoms with Crippen molar-refractivity contribution in [1.29, 1.82) is 0 Å². The summed E-state index contributed by atoms with van der Waals surface area (Å²) in [6.45, 7) is 54.7. The number of amides is 3. The Morgan fingerprint density at radius 3 is 0.958 bits per heavy atom. The quantitative estimate of drug-likeness (QED) is 0.0451. The first-order valence-electron chi connectivity index (χ1n) is 41.8. The number of benzene rings is 3. The van der Waals surface area contributed by atoms with E-state index in [1.165, 1.54) is 34.9 Å². The number of fused-ring (bicyclic) bond motifs is 3. The molecule has 0 radical (unpaired) electrons. The van der Waals surface area contributed by atoms with Crippen molar-refractivity contribution in [3.05, 3.63) is 174 Å². The van der Waals surface area contributed by atoms with Gasteiger partial charge in [0.1, 0.15) is 45.5 Å². The summed E-state index contributed by atoms with van der Waals surface area (Å²) >= 11 is 6.20. The molecule has 6 aromatic heterocycles. The molecule has 30 nitrogen and oxygen atoms in total. The van der Waals surface area contributed by atoms with E-state index in [1.54, 1.807) is 36.8 Å². The van der Waals surface area contributed by atoms with Gasteiger partial charge in [0.25, 0.3) is 16.7 Å². The van der Waals surface area contributed by atoms with Crippen molar-refractivity contribution in [3.63, 3.8) is 0 Å². The Bertz CT molecular complexity index is 5100. The summed E-state index contributed by atoms with van der Waals surface area (Å²) in [5, 5.41) is 2.17. The van der Waals surface area contributed by atoms with Crippen LogP contribution in [0.4, 0.5) is 56.8 Å². The van der Waals surface area contributed by atoms with E-state index >= 15 is 4.39 Å². The topological polar surface area (TPSA) is 311 Å². The normalized spacial score (nSPS) is 16.1. The zero-order chi connectivity index (χ0) is 86.1. The Morgan fingerprint density at radius 1 is 0.417 bits per heavy atom. The third kappa shape index (κ3) is 16.6. The van der Waals surface area contributed by atoms with Crippen LogP contribution in [-0.4, -0.2) is 266 Å². The van der Waals surface area contributed by atoms with E-state index in [-0.39, 0.29) is 50.8 Å². The van der Waals surface area contributed by atoms with Gasteiger partial charge in [0.15, 0.2) is 0 Å². The number of carbonyl (C=O) groups excluding carboxylic acids is 3. The Balaban J connectivity index is 0.000000156. The molecule has 0 aliphatic carbocycles. The second-order valence-electron chi connectivity index (χ2n) is 31.7. The number of hydrogen-bond acceptors (Lipinski definition) is 24. The van der Waals surface area contributed by atoms with E-state index in [1.807, 2.05) is 77.9 Å². The number of halogens is 2. The summed E-state index contributed by atoms with van der Waals surface area (Å²) in [5.74, 6) is 2.78. The number of likely N-dealkylation sites (N-methyl/N-ethyl adjacent to an activating group) is 3. The highest BCUT2D eigenvalue weighted by molar-refractivity contribution is 6.33. The molecule has 32 heteroatoms. The van der Waals surface area contributed by atoms with Crippen molar-refractivity contribution in [3.8, 4) is 17.1 Å². The van der Waals surface area contributed by atoms with Crippen LogP contribution in [0.1, 0.15) is 80.9 Å². The van der Waals surface area contributed by atoms with Gasteiger partial charge in [-0.05, 0) is 171 Å². The molecular formula is C88H114ClFN24O6. The third-order valence-corrected chi connectivity index (χ3v) is 25.2. The van der Waals surface area contributed by atoms with Gasteiger partial charge in [-0.3, -0.25) is 57.2 Å². The minimum absolute atomic E-state index is 0.0199. The summed E-state index contributed by atoms with van der Waals surface area (Å²) in [4.78, 5) is 134. The minimum Gasteiger partial charge on any atom is -0.398 e. The highest BCUT2D eigenvalue weighted by Gasteiger charge is 2.39. The molecule has 3 amide bonds. The molecule has 6 aliphatic rings. The molecule has 120 heavy (non-hydrogen) atoms. The van der Waals surface area contributed by atoms with Gasteiger partial charge < -0.3 is 61.3 Å². The molecule has 6 saturated heterocycles. The summed E-state index contributed by atoms with van der Waals surface area (Å²) in [6.07, 6.45) is 4.03. The number of aryl methyl sites for hydroxylation is 5. The van der Waals surface area contributed by atoms with Crippen LogP contribution in [0.15, 0.2) is 107 Å². The lowest BCUT2D eigenvalue weighted by Crippen LogP contribution is -2.60. The first kappa shape index (κ1) is 86.3. The Kier molecular flexibility index (Phi) is 26.0. The number of aromatic nitrogens is 9. The van der Waals surface area contributed by atoms with Crippen LogP contribution in [0, 0.1) is 54.3 Å². The predicted molar refractivity (Wildman–Crippen MR) is 481 cm³/mol. The van der Waals surface area contributed by atoms with E-state index in [0.29, 0.717) is 154 Å². The number of rotatable bonds is 21. The SMILES string of the molecule is C=CC(=O)N1CCN(c2nc(N3CC(N(CC)CC)C3)nc3c(=O)n(-c4c(C)ccc(N)c4C)c(C)cc23)CC1.C=CC(=O)N1CCN(c2nc(N3CC(N(CC)CC)C3)nc3c(=O)n(-c4c(C)ccc(N)c4C)c(C)cc23)CC1.C=CC(=O)N1CCN(c2nc(N3CC(N(CC)CC)C3)nc3c(=O)n(-c4c(F)ccc(Cl)c4N)c(C)cc23)CC1. The predicted octanol–water partition coefficient (Wildman–Crippen LogP) is 8.14. The summed E-state index contributed by atoms with van der Waals surface area (Å²) in [6, 6.07) is 17.3. The van der Waals surface area contributed by atoms with Crippen molar-refractivity contribution in [2.24, 2.45) is 0 Å². The third-order valence-electron chi connectivity index (χ3n) is 24.8. The molecule has 0 unspecified atom stereocenters. The molecule has 9 aromatic rings. The van der Waals surface area contributed by atoms with Crippen LogP contribution in [0.5, 0.6) is 0 Å². The van der Waals surface area contributed by atoms with Gasteiger partial charge in [0.05, 0.1) is 38.2 Å². The maximum Gasteiger partial charge on any atom is 0.282 e. The molecule has 3 aromatic carbocycles. The Labute approximate surface area is 705 Å². The Hall–Kier alpha value is -11.5. The van der Waals surface area contributed by atoms with Gasteiger partial charge in [0, 0.05) is 164 Å². The number of pyridine rings is 3. The van der Waals surface area contributed by atoms with Crippen molar-refractivity contribution in [1.82, 2.24) is 73.0 Å².